The third-order valence-corrected chi connectivity index (χ3v) is 5.80. The molecule has 32 heavy (non-hydrogen) atoms. The summed E-state index contributed by atoms with van der Waals surface area (Å²) in [5, 5.41) is 6.00. The number of nitrogens with one attached hydrogen (secondary N) is 2. The molecule has 0 radical (unpaired) electrons. The van der Waals surface area contributed by atoms with E-state index in [1.54, 1.807) is 30.6 Å². The van der Waals surface area contributed by atoms with Crippen LogP contribution in [0.5, 0.6) is 0 Å². The van der Waals surface area contributed by atoms with E-state index in [4.69, 9.17) is 5.73 Å². The highest BCUT2D eigenvalue weighted by Gasteiger charge is 2.23. The van der Waals surface area contributed by atoms with Crippen LogP contribution in [0.15, 0.2) is 48.8 Å². The van der Waals surface area contributed by atoms with E-state index in [1.807, 2.05) is 13.8 Å². The van der Waals surface area contributed by atoms with Crippen molar-refractivity contribution >= 4 is 28.2 Å². The van der Waals surface area contributed by atoms with Crippen LogP contribution in [0.1, 0.15) is 20.3 Å². The average molecular weight is 459 g/mol. The van der Waals surface area contributed by atoms with E-state index in [1.165, 1.54) is 17.4 Å². The molecule has 0 aliphatic carbocycles. The van der Waals surface area contributed by atoms with Gasteiger partial charge in [-0.05, 0) is 53.8 Å². The first-order chi connectivity index (χ1) is 15.3. The standard InChI is InChI=1S/C23H24F2N4O2S/c1-13(2)9-19(28-20(30)12-26)23(31)29-21-11-16(15-3-4-17(24)18(25)10-15)22(32-21)14-5-7-27-8-6-14/h3-8,10-11,13,19H,9,12,26H2,1-2H3,(H,28,30)(H,29,31)/t19-/m0/s1. The minimum atomic E-state index is -0.957. The molecular weight excluding hydrogens is 434 g/mol. The van der Waals surface area contributed by atoms with Crippen LogP contribution >= 0.6 is 11.3 Å². The lowest BCUT2D eigenvalue weighted by molar-refractivity contribution is -0.125. The fourth-order valence-electron chi connectivity index (χ4n) is 3.21. The topological polar surface area (TPSA) is 97.1 Å². The number of carbonyl (C=O) groups is 2. The van der Waals surface area contributed by atoms with Crippen molar-refractivity contribution in [2.45, 2.75) is 26.3 Å². The van der Waals surface area contributed by atoms with Gasteiger partial charge in [0.15, 0.2) is 11.6 Å². The maximum atomic E-state index is 13.9. The highest BCUT2D eigenvalue weighted by molar-refractivity contribution is 7.20. The number of thiophene rings is 1. The number of carbonyl (C=O) groups excluding carboxylic acids is 2. The van der Waals surface area contributed by atoms with Gasteiger partial charge >= 0.3 is 0 Å². The lowest BCUT2D eigenvalue weighted by atomic mass is 10.0. The van der Waals surface area contributed by atoms with Crippen LogP contribution in [0.2, 0.25) is 0 Å². The van der Waals surface area contributed by atoms with Crippen molar-refractivity contribution in [2.75, 3.05) is 11.9 Å². The van der Waals surface area contributed by atoms with Crippen LogP contribution in [0, 0.1) is 17.6 Å². The van der Waals surface area contributed by atoms with E-state index >= 15 is 0 Å². The fourth-order valence-corrected chi connectivity index (χ4v) is 4.30. The number of hydrogen-bond acceptors (Lipinski definition) is 5. The van der Waals surface area contributed by atoms with E-state index < -0.39 is 23.6 Å². The predicted octanol–water partition coefficient (Wildman–Crippen LogP) is 4.18. The number of anilines is 1. The molecule has 6 nitrogen and oxygen atoms in total. The number of nitrogens with zero attached hydrogens (tertiary/aromatic N) is 1. The number of hydrogen-bond donors (Lipinski definition) is 3. The number of nitrogens with two attached hydrogens (primary N) is 1. The highest BCUT2D eigenvalue weighted by atomic mass is 32.1. The van der Waals surface area contributed by atoms with Gasteiger partial charge in [-0.3, -0.25) is 14.6 Å². The van der Waals surface area contributed by atoms with Crippen LogP contribution in [0.25, 0.3) is 21.6 Å². The Morgan fingerprint density at radius 2 is 1.78 bits per heavy atom. The Morgan fingerprint density at radius 1 is 1.06 bits per heavy atom. The molecule has 0 saturated heterocycles. The molecule has 1 aromatic carbocycles. The lowest BCUT2D eigenvalue weighted by Gasteiger charge is -2.19. The molecule has 0 bridgehead atoms. The summed E-state index contributed by atoms with van der Waals surface area (Å²) in [6.45, 7) is 3.68. The molecule has 9 heteroatoms. The molecule has 0 aliphatic rings. The first-order valence-electron chi connectivity index (χ1n) is 10.1. The second-order valence-corrected chi connectivity index (χ2v) is 8.71. The van der Waals surface area contributed by atoms with E-state index in [9.17, 15) is 18.4 Å². The Morgan fingerprint density at radius 3 is 2.41 bits per heavy atom. The van der Waals surface area contributed by atoms with Crippen molar-refractivity contribution in [3.05, 3.63) is 60.4 Å². The predicted molar refractivity (Wildman–Crippen MR) is 122 cm³/mol. The summed E-state index contributed by atoms with van der Waals surface area (Å²) in [6, 6.07) is 8.23. The van der Waals surface area contributed by atoms with E-state index in [0.29, 0.717) is 22.5 Å². The number of aromatic nitrogens is 1. The van der Waals surface area contributed by atoms with Crippen LogP contribution in [0.3, 0.4) is 0 Å². The van der Waals surface area contributed by atoms with E-state index in [0.717, 1.165) is 22.6 Å². The van der Waals surface area contributed by atoms with Crippen molar-refractivity contribution in [1.29, 1.82) is 0 Å². The summed E-state index contributed by atoms with van der Waals surface area (Å²) in [5.41, 5.74) is 7.31. The number of pyridine rings is 1. The number of halogens is 2. The van der Waals surface area contributed by atoms with Gasteiger partial charge in [0.2, 0.25) is 11.8 Å². The fraction of sp³-hybridized carbons (Fsp3) is 0.261. The zero-order valence-corrected chi connectivity index (χ0v) is 18.5. The van der Waals surface area contributed by atoms with Crippen LogP contribution < -0.4 is 16.4 Å². The highest BCUT2D eigenvalue weighted by Crippen LogP contribution is 2.42. The van der Waals surface area contributed by atoms with Gasteiger partial charge in [0, 0.05) is 22.8 Å². The number of benzene rings is 1. The summed E-state index contributed by atoms with van der Waals surface area (Å²) in [7, 11) is 0. The molecular formula is C23H24F2N4O2S. The molecule has 3 aromatic rings. The van der Waals surface area contributed by atoms with E-state index in [2.05, 4.69) is 15.6 Å². The largest absolute Gasteiger partial charge is 0.343 e. The average Bonchev–Trinajstić information content (AvgIpc) is 3.19. The first-order valence-corrected chi connectivity index (χ1v) is 10.9. The third kappa shape index (κ3) is 5.74. The molecule has 2 amide bonds. The van der Waals surface area contributed by atoms with Gasteiger partial charge in [0.1, 0.15) is 6.04 Å². The molecule has 2 aromatic heterocycles. The zero-order valence-electron chi connectivity index (χ0n) is 17.7. The quantitative estimate of drug-likeness (QED) is 0.472. The summed E-state index contributed by atoms with van der Waals surface area (Å²) in [6.07, 6.45) is 3.70. The molecule has 0 unspecified atom stereocenters. The van der Waals surface area contributed by atoms with Crippen molar-refractivity contribution in [1.82, 2.24) is 10.3 Å². The number of rotatable bonds is 8. The molecule has 0 saturated carbocycles. The van der Waals surface area contributed by atoms with Gasteiger partial charge in [0.05, 0.1) is 11.5 Å². The summed E-state index contributed by atoms with van der Waals surface area (Å²) in [4.78, 5) is 29.5. The van der Waals surface area contributed by atoms with Gasteiger partial charge < -0.3 is 16.4 Å². The molecule has 2 heterocycles. The van der Waals surface area contributed by atoms with Crippen LogP contribution in [-0.2, 0) is 9.59 Å². The Balaban J connectivity index is 1.96. The summed E-state index contributed by atoms with van der Waals surface area (Å²) >= 11 is 1.29. The molecule has 0 spiro atoms. The molecule has 0 fully saturated rings. The summed E-state index contributed by atoms with van der Waals surface area (Å²) < 4.78 is 27.4. The normalized spacial score (nSPS) is 11.9. The smallest absolute Gasteiger partial charge is 0.247 e. The minimum absolute atomic E-state index is 0.164. The lowest BCUT2D eigenvalue weighted by Crippen LogP contribution is -2.46. The molecule has 4 N–H and O–H groups in total. The monoisotopic (exact) mass is 458 g/mol. The summed E-state index contributed by atoms with van der Waals surface area (Å²) in [5.74, 6) is -2.52. The maximum Gasteiger partial charge on any atom is 0.247 e. The zero-order chi connectivity index (χ0) is 23.3. The maximum absolute atomic E-state index is 13.9. The van der Waals surface area contributed by atoms with Gasteiger partial charge in [-0.25, -0.2) is 8.78 Å². The second-order valence-electron chi connectivity index (χ2n) is 7.66. The van der Waals surface area contributed by atoms with Crippen molar-refractivity contribution in [3.63, 3.8) is 0 Å². The SMILES string of the molecule is CC(C)C[C@H](NC(=O)CN)C(=O)Nc1cc(-c2ccc(F)c(F)c2)c(-c2ccncc2)s1. The van der Waals surface area contributed by atoms with Gasteiger partial charge in [-0.15, -0.1) is 11.3 Å². The van der Waals surface area contributed by atoms with Crippen LogP contribution in [-0.4, -0.2) is 29.4 Å². The number of amides is 2. The van der Waals surface area contributed by atoms with Crippen LogP contribution in [0.4, 0.5) is 13.8 Å². The Hall–Kier alpha value is -3.17. The van der Waals surface area contributed by atoms with Gasteiger partial charge in [-0.1, -0.05) is 19.9 Å². The Kier molecular flexibility index (Phi) is 7.66. The second kappa shape index (κ2) is 10.4. The Labute approximate surface area is 188 Å². The van der Waals surface area contributed by atoms with E-state index in [-0.39, 0.29) is 18.4 Å². The molecule has 1 atom stereocenters. The third-order valence-electron chi connectivity index (χ3n) is 4.70. The molecule has 3 rings (SSSR count). The first kappa shape index (κ1) is 23.5. The van der Waals surface area contributed by atoms with Crippen molar-refractivity contribution in [2.24, 2.45) is 11.7 Å². The van der Waals surface area contributed by atoms with Crippen molar-refractivity contribution < 1.29 is 18.4 Å². The molecule has 168 valence electrons. The molecule has 0 aliphatic heterocycles. The minimum Gasteiger partial charge on any atom is -0.343 e. The van der Waals surface area contributed by atoms with Crippen molar-refractivity contribution in [3.8, 4) is 21.6 Å². The van der Waals surface area contributed by atoms with Gasteiger partial charge in [0.25, 0.3) is 0 Å². The Bertz CT molecular complexity index is 1100. The van der Waals surface area contributed by atoms with Gasteiger partial charge in [-0.2, -0.15) is 0 Å².